The maximum Gasteiger partial charge on any atom is 0.416 e. The van der Waals surface area contributed by atoms with E-state index in [1.807, 2.05) is 60.7 Å². The molecule has 8 heteroatoms. The van der Waals surface area contributed by atoms with Gasteiger partial charge in [-0.05, 0) is 53.6 Å². The minimum absolute atomic E-state index is 0.280. The van der Waals surface area contributed by atoms with E-state index in [4.69, 9.17) is 5.10 Å². The predicted octanol–water partition coefficient (Wildman–Crippen LogP) is 7.80. The maximum atomic E-state index is 15.2. The van der Waals surface area contributed by atoms with E-state index >= 15 is 4.79 Å². The number of halogens is 3. The number of fused-ring (bicyclic) bond motifs is 2. The van der Waals surface area contributed by atoms with Crippen LogP contribution in [0.15, 0.2) is 145 Å². The highest BCUT2D eigenvalue weighted by Gasteiger charge is 2.66. The summed E-state index contributed by atoms with van der Waals surface area (Å²) in [6.45, 7) is 0. The number of nitrogens with zero attached hydrogens (tertiary/aromatic N) is 3. The van der Waals surface area contributed by atoms with Crippen LogP contribution in [0, 0.1) is 0 Å². The summed E-state index contributed by atoms with van der Waals surface area (Å²) in [6, 6.07) is 39.0. The summed E-state index contributed by atoms with van der Waals surface area (Å²) in [6.07, 6.45) is -4.54. The molecule has 7 rings (SSSR count). The molecule has 2 amide bonds. The first-order valence-corrected chi connectivity index (χ1v) is 14.0. The molecule has 0 fully saturated rings. The fraction of sp³-hybridized carbons (Fsp3) is 0.0833. The molecular weight excluding hydrogens is 563 g/mol. The van der Waals surface area contributed by atoms with Gasteiger partial charge in [0.2, 0.25) is 0 Å². The zero-order valence-electron chi connectivity index (χ0n) is 23.1. The molecule has 0 unspecified atom stereocenters. The second kappa shape index (κ2) is 10.3. The summed E-state index contributed by atoms with van der Waals surface area (Å²) >= 11 is 0. The lowest BCUT2D eigenvalue weighted by Crippen LogP contribution is -2.54. The van der Waals surface area contributed by atoms with Crippen LogP contribution in [0.25, 0.3) is 0 Å². The van der Waals surface area contributed by atoms with E-state index in [0.29, 0.717) is 22.5 Å². The molecule has 0 saturated heterocycles. The van der Waals surface area contributed by atoms with Gasteiger partial charge < -0.3 is 0 Å². The van der Waals surface area contributed by atoms with Crippen molar-refractivity contribution in [3.63, 3.8) is 0 Å². The number of rotatable bonds is 4. The molecule has 5 aromatic carbocycles. The normalized spacial score (nSPS) is 19.3. The molecule has 44 heavy (non-hydrogen) atoms. The number of imide groups is 1. The Morgan fingerprint density at radius 2 is 1.27 bits per heavy atom. The second-order valence-electron chi connectivity index (χ2n) is 10.6. The zero-order valence-corrected chi connectivity index (χ0v) is 23.1. The van der Waals surface area contributed by atoms with E-state index in [1.54, 1.807) is 54.6 Å². The van der Waals surface area contributed by atoms with Crippen LogP contribution in [0.2, 0.25) is 0 Å². The fourth-order valence-corrected chi connectivity index (χ4v) is 6.28. The van der Waals surface area contributed by atoms with Gasteiger partial charge in [-0.1, -0.05) is 97.1 Å². The lowest BCUT2D eigenvalue weighted by atomic mass is 9.71. The van der Waals surface area contributed by atoms with Crippen LogP contribution in [0.4, 0.5) is 24.5 Å². The van der Waals surface area contributed by atoms with Crippen molar-refractivity contribution in [1.82, 2.24) is 0 Å². The van der Waals surface area contributed by atoms with E-state index in [1.165, 1.54) is 22.0 Å². The number of carbonyl (C=O) groups is 2. The average molecular weight is 588 g/mol. The molecule has 5 nitrogen and oxygen atoms in total. The van der Waals surface area contributed by atoms with Gasteiger partial charge in [-0.2, -0.15) is 18.3 Å². The zero-order chi connectivity index (χ0) is 30.5. The molecule has 2 heterocycles. The lowest BCUT2D eigenvalue weighted by molar-refractivity contribution is -0.137. The number of para-hydroxylation sites is 1. The van der Waals surface area contributed by atoms with Gasteiger partial charge in [0.25, 0.3) is 11.8 Å². The van der Waals surface area contributed by atoms with E-state index < -0.39 is 35.0 Å². The quantitative estimate of drug-likeness (QED) is 0.202. The Balaban J connectivity index is 1.52. The minimum Gasteiger partial charge on any atom is -0.271 e. The fourth-order valence-electron chi connectivity index (χ4n) is 6.28. The predicted molar refractivity (Wildman–Crippen MR) is 162 cm³/mol. The molecule has 0 aliphatic carbocycles. The van der Waals surface area contributed by atoms with Crippen LogP contribution in [-0.4, -0.2) is 17.5 Å². The Labute approximate surface area is 251 Å². The number of hydrogen-bond acceptors (Lipinski definition) is 4. The molecule has 216 valence electrons. The number of hydrogen-bond donors (Lipinski definition) is 0. The minimum atomic E-state index is -4.54. The van der Waals surface area contributed by atoms with Crippen molar-refractivity contribution in [2.45, 2.75) is 17.6 Å². The lowest BCUT2D eigenvalue weighted by Gasteiger charge is -2.38. The molecule has 2 atom stereocenters. The maximum absolute atomic E-state index is 15.2. The van der Waals surface area contributed by atoms with Gasteiger partial charge in [0.05, 0.1) is 28.6 Å². The summed E-state index contributed by atoms with van der Waals surface area (Å²) in [7, 11) is 0. The summed E-state index contributed by atoms with van der Waals surface area (Å²) in [4.78, 5) is 30.4. The highest BCUT2D eigenvalue weighted by Crippen LogP contribution is 2.57. The number of alkyl halides is 3. The summed E-state index contributed by atoms with van der Waals surface area (Å²) in [5.41, 5.74) is 1.14. The van der Waals surface area contributed by atoms with Crippen LogP contribution in [-0.2, 0) is 16.5 Å². The van der Waals surface area contributed by atoms with Crippen molar-refractivity contribution in [2.24, 2.45) is 5.10 Å². The van der Waals surface area contributed by atoms with Crippen molar-refractivity contribution in [3.05, 3.63) is 167 Å². The first-order chi connectivity index (χ1) is 21.3. The van der Waals surface area contributed by atoms with Gasteiger partial charge in [-0.15, -0.1) is 0 Å². The van der Waals surface area contributed by atoms with E-state index in [9.17, 15) is 18.0 Å². The van der Waals surface area contributed by atoms with Gasteiger partial charge in [-0.25, -0.2) is 9.91 Å². The molecule has 5 aromatic rings. The third kappa shape index (κ3) is 4.13. The molecule has 0 radical (unpaired) electrons. The van der Waals surface area contributed by atoms with Crippen LogP contribution in [0.5, 0.6) is 0 Å². The first kappa shape index (κ1) is 27.3. The van der Waals surface area contributed by atoms with Gasteiger partial charge in [0.15, 0.2) is 5.54 Å². The average Bonchev–Trinajstić information content (AvgIpc) is 3.55. The third-order valence-electron chi connectivity index (χ3n) is 8.18. The van der Waals surface area contributed by atoms with Crippen molar-refractivity contribution in [2.75, 3.05) is 9.91 Å². The molecular formula is C36H24F3N3O2. The standard InChI is InChI=1S/C36H24F3N3O2/c37-36(38,39)27-20-22-28(23-21-27)42-35(31(24-12-4-1-5-13-24)32(40-42)25-14-6-2-7-15-25)29-18-10-11-19-30(29)41(34(35)44)33(43)26-16-8-3-9-17-26/h1-23,31H/t31-,35-/m1/s1. The molecule has 0 saturated carbocycles. The number of carbonyl (C=O) groups excluding carboxylic acids is 2. The Morgan fingerprint density at radius 3 is 1.91 bits per heavy atom. The SMILES string of the molecule is O=C(c1ccccc1)N1C(=O)[C@@]2(c3ccccc31)[C@H](c1ccccc1)C(c1ccccc1)=NN2c1ccc(C(F)(F)F)cc1. The van der Waals surface area contributed by atoms with Crippen molar-refractivity contribution >= 4 is 28.9 Å². The number of anilines is 2. The van der Waals surface area contributed by atoms with Crippen LogP contribution < -0.4 is 9.91 Å². The number of hydrazone groups is 1. The topological polar surface area (TPSA) is 53.0 Å². The smallest absolute Gasteiger partial charge is 0.271 e. The van der Waals surface area contributed by atoms with Gasteiger partial charge in [0, 0.05) is 11.1 Å². The Morgan fingerprint density at radius 1 is 0.705 bits per heavy atom. The van der Waals surface area contributed by atoms with Crippen LogP contribution in [0.1, 0.15) is 38.5 Å². The number of benzene rings is 5. The molecule has 0 aromatic heterocycles. The first-order valence-electron chi connectivity index (χ1n) is 14.0. The van der Waals surface area contributed by atoms with Gasteiger partial charge >= 0.3 is 6.18 Å². The van der Waals surface area contributed by atoms with Crippen molar-refractivity contribution in [3.8, 4) is 0 Å². The Bertz CT molecular complexity index is 1890. The van der Waals surface area contributed by atoms with E-state index in [0.717, 1.165) is 23.3 Å². The highest BCUT2D eigenvalue weighted by atomic mass is 19.4. The number of amides is 2. The Kier molecular flexibility index (Phi) is 6.43. The summed E-state index contributed by atoms with van der Waals surface area (Å²) in [5, 5.41) is 6.55. The molecule has 2 aliphatic rings. The van der Waals surface area contributed by atoms with Crippen molar-refractivity contribution in [1.29, 1.82) is 0 Å². The molecule has 0 bridgehead atoms. The van der Waals surface area contributed by atoms with Crippen LogP contribution >= 0.6 is 0 Å². The summed E-state index contributed by atoms with van der Waals surface area (Å²) < 4.78 is 40.7. The molecule has 1 spiro atoms. The highest BCUT2D eigenvalue weighted by molar-refractivity contribution is 6.30. The van der Waals surface area contributed by atoms with E-state index in [2.05, 4.69) is 0 Å². The Hall–Kier alpha value is -5.50. The molecule has 2 aliphatic heterocycles. The largest absolute Gasteiger partial charge is 0.416 e. The van der Waals surface area contributed by atoms with Gasteiger partial charge in [-0.3, -0.25) is 9.59 Å². The van der Waals surface area contributed by atoms with E-state index in [-0.39, 0.29) is 5.69 Å². The van der Waals surface area contributed by atoms with Crippen LogP contribution in [0.3, 0.4) is 0 Å². The van der Waals surface area contributed by atoms with Crippen molar-refractivity contribution < 1.29 is 22.8 Å². The third-order valence-corrected chi connectivity index (χ3v) is 8.18. The van der Waals surface area contributed by atoms with Gasteiger partial charge in [0.1, 0.15) is 0 Å². The monoisotopic (exact) mass is 587 g/mol. The molecule has 0 N–H and O–H groups in total. The summed E-state index contributed by atoms with van der Waals surface area (Å²) in [5.74, 6) is -1.78. The second-order valence-corrected chi connectivity index (χ2v) is 10.6.